The number of hydrogen-bond acceptors (Lipinski definition) is 4. The third kappa shape index (κ3) is 3.79. The Labute approximate surface area is 198 Å². The minimum absolute atomic E-state index is 0.0219. The maximum atomic E-state index is 13.1. The Kier molecular flexibility index (Phi) is 5.76. The number of carbonyl (C=O) groups excluding carboxylic acids is 3. The maximum absolute atomic E-state index is 13.1. The maximum Gasteiger partial charge on any atom is 0.261 e. The lowest BCUT2D eigenvalue weighted by Crippen LogP contribution is -2.40. The number of unbranched alkanes of at least 4 members (excludes halogenated alkanes) is 1. The van der Waals surface area contributed by atoms with Crippen LogP contribution < -0.4 is 0 Å². The fourth-order valence-corrected chi connectivity index (χ4v) is 4.52. The van der Waals surface area contributed by atoms with Crippen LogP contribution in [0.1, 0.15) is 56.4 Å². The monoisotopic (exact) mass is 448 g/mol. The predicted octanol–water partition coefficient (Wildman–Crippen LogP) is 5.72. The van der Waals surface area contributed by atoms with E-state index in [2.05, 4.69) is 4.98 Å². The highest BCUT2D eigenvalue weighted by molar-refractivity contribution is 6.26. The fraction of sp³-hybridized carbons (Fsp3) is 0.172. The Hall–Kier alpha value is -4.12. The number of pyridine rings is 1. The lowest BCUT2D eigenvalue weighted by atomic mass is 9.89. The number of amides is 2. The molecule has 4 aromatic rings. The fourth-order valence-electron chi connectivity index (χ4n) is 4.52. The predicted molar refractivity (Wildman–Crippen MR) is 132 cm³/mol. The second-order valence-corrected chi connectivity index (χ2v) is 8.51. The van der Waals surface area contributed by atoms with Crippen molar-refractivity contribution in [1.29, 1.82) is 0 Å². The average molecular weight is 449 g/mol. The van der Waals surface area contributed by atoms with Crippen LogP contribution in [0.15, 0.2) is 79.0 Å². The Balaban J connectivity index is 1.45. The van der Waals surface area contributed by atoms with E-state index in [9.17, 15) is 14.4 Å². The van der Waals surface area contributed by atoms with Crippen LogP contribution >= 0.6 is 0 Å². The van der Waals surface area contributed by atoms with Gasteiger partial charge in [-0.15, -0.1) is 0 Å². The molecule has 0 N–H and O–H groups in total. The summed E-state index contributed by atoms with van der Waals surface area (Å²) in [6.45, 7) is 2.45. The van der Waals surface area contributed by atoms with Crippen LogP contribution in [0.2, 0.25) is 0 Å². The molecule has 1 aliphatic heterocycles. The molecule has 2 heterocycles. The third-order valence-corrected chi connectivity index (χ3v) is 6.34. The van der Waals surface area contributed by atoms with Crippen LogP contribution in [0.5, 0.6) is 0 Å². The quantitative estimate of drug-likeness (QED) is 0.268. The van der Waals surface area contributed by atoms with Gasteiger partial charge in [0.05, 0.1) is 5.69 Å². The van der Waals surface area contributed by atoms with E-state index in [1.165, 1.54) is 4.90 Å². The Morgan fingerprint density at radius 3 is 2.32 bits per heavy atom. The molecule has 2 amide bonds. The molecule has 0 unspecified atom stereocenters. The summed E-state index contributed by atoms with van der Waals surface area (Å²) in [7, 11) is 0. The van der Waals surface area contributed by atoms with Gasteiger partial charge in [0.1, 0.15) is 0 Å². The van der Waals surface area contributed by atoms with Crippen molar-refractivity contribution in [3.05, 3.63) is 101 Å². The minimum atomic E-state index is -0.259. The third-order valence-electron chi connectivity index (χ3n) is 6.34. The molecule has 0 saturated heterocycles. The number of hydrogen-bond donors (Lipinski definition) is 0. The Morgan fingerprint density at radius 2 is 1.62 bits per heavy atom. The van der Waals surface area contributed by atoms with E-state index >= 15 is 0 Å². The van der Waals surface area contributed by atoms with Gasteiger partial charge in [-0.3, -0.25) is 24.3 Å². The summed E-state index contributed by atoms with van der Waals surface area (Å²) in [6.07, 6.45) is 3.60. The number of aromatic nitrogens is 1. The highest BCUT2D eigenvalue weighted by Crippen LogP contribution is 2.33. The van der Waals surface area contributed by atoms with Gasteiger partial charge >= 0.3 is 0 Å². The van der Waals surface area contributed by atoms with E-state index in [1.54, 1.807) is 18.3 Å². The summed E-state index contributed by atoms with van der Waals surface area (Å²) in [5.41, 5.74) is 4.27. The van der Waals surface area contributed by atoms with E-state index in [4.69, 9.17) is 0 Å². The highest BCUT2D eigenvalue weighted by atomic mass is 16.2. The molecule has 0 aliphatic carbocycles. The Bertz CT molecular complexity index is 1390. The first-order valence-electron chi connectivity index (χ1n) is 11.5. The van der Waals surface area contributed by atoms with Gasteiger partial charge in [0, 0.05) is 46.8 Å². The molecule has 0 fully saturated rings. The van der Waals surface area contributed by atoms with Crippen molar-refractivity contribution in [1.82, 2.24) is 9.88 Å². The van der Waals surface area contributed by atoms with Gasteiger partial charge in [-0.05, 0) is 41.6 Å². The second-order valence-electron chi connectivity index (χ2n) is 8.51. The van der Waals surface area contributed by atoms with Crippen LogP contribution in [-0.2, 0) is 6.42 Å². The molecule has 3 aromatic carbocycles. The van der Waals surface area contributed by atoms with Crippen molar-refractivity contribution in [2.75, 3.05) is 6.54 Å². The van der Waals surface area contributed by atoms with Gasteiger partial charge in [-0.1, -0.05) is 61.9 Å². The van der Waals surface area contributed by atoms with Crippen LogP contribution in [0.4, 0.5) is 0 Å². The van der Waals surface area contributed by atoms with E-state index in [-0.39, 0.29) is 24.0 Å². The van der Waals surface area contributed by atoms with Gasteiger partial charge in [-0.25, -0.2) is 0 Å². The summed E-state index contributed by atoms with van der Waals surface area (Å²) in [4.78, 5) is 44.9. The molecule has 168 valence electrons. The number of carbonyl (C=O) groups is 3. The average Bonchev–Trinajstić information content (AvgIpc) is 2.88. The van der Waals surface area contributed by atoms with E-state index in [1.807, 2.05) is 67.6 Å². The lowest BCUT2D eigenvalue weighted by molar-refractivity contribution is 0.0608. The molecule has 34 heavy (non-hydrogen) atoms. The molecule has 0 atom stereocenters. The van der Waals surface area contributed by atoms with E-state index in [0.717, 1.165) is 35.0 Å². The van der Waals surface area contributed by atoms with Crippen LogP contribution in [0.25, 0.3) is 22.0 Å². The molecule has 0 radical (unpaired) electrons. The van der Waals surface area contributed by atoms with Gasteiger partial charge in [0.2, 0.25) is 0 Å². The summed E-state index contributed by atoms with van der Waals surface area (Å²) >= 11 is 0. The molecule has 0 spiro atoms. The van der Waals surface area contributed by atoms with E-state index < -0.39 is 0 Å². The van der Waals surface area contributed by atoms with Crippen molar-refractivity contribution in [3.8, 4) is 11.3 Å². The standard InChI is InChI=1S/C29H24N2O3/c1-2-3-17-31-28(33)23-8-6-7-22-21(14-15-24(27(22)23)29(31)34)18-26(32)20-12-10-19(11-13-20)25-9-4-5-16-30-25/h4-16H,2-3,17-18H2,1H3. The number of imide groups is 1. The second kappa shape index (κ2) is 9.02. The number of ketones is 1. The van der Waals surface area contributed by atoms with Crippen molar-refractivity contribution >= 4 is 28.4 Å². The molecule has 1 aromatic heterocycles. The van der Waals surface area contributed by atoms with Crippen LogP contribution in [0.3, 0.4) is 0 Å². The van der Waals surface area contributed by atoms with Crippen LogP contribution in [0, 0.1) is 0 Å². The summed E-state index contributed by atoms with van der Waals surface area (Å²) in [5, 5.41) is 1.44. The van der Waals surface area contributed by atoms with Crippen molar-refractivity contribution in [2.45, 2.75) is 26.2 Å². The number of rotatable bonds is 7. The lowest BCUT2D eigenvalue weighted by Gasteiger charge is -2.27. The summed E-state index contributed by atoms with van der Waals surface area (Å²) < 4.78 is 0. The zero-order valence-corrected chi connectivity index (χ0v) is 19.0. The first kappa shape index (κ1) is 21.7. The smallest absolute Gasteiger partial charge is 0.261 e. The SMILES string of the molecule is CCCCN1C(=O)c2cccc3c(CC(=O)c4ccc(-c5ccccn5)cc4)ccc(c23)C1=O. The summed E-state index contributed by atoms with van der Waals surface area (Å²) in [6, 6.07) is 22.2. The van der Waals surface area contributed by atoms with Gasteiger partial charge in [-0.2, -0.15) is 0 Å². The molecule has 0 saturated carbocycles. The van der Waals surface area contributed by atoms with Gasteiger partial charge in [0.25, 0.3) is 11.8 Å². The normalized spacial score (nSPS) is 12.9. The zero-order valence-electron chi connectivity index (χ0n) is 19.0. The molecular weight excluding hydrogens is 424 g/mol. The molecule has 5 heteroatoms. The van der Waals surface area contributed by atoms with Gasteiger partial charge < -0.3 is 0 Å². The van der Waals surface area contributed by atoms with E-state index in [0.29, 0.717) is 28.6 Å². The minimum Gasteiger partial charge on any atom is -0.294 e. The first-order valence-corrected chi connectivity index (χ1v) is 11.5. The molecular formula is C29H24N2O3. The number of Topliss-reactive ketones (excluding diaryl/α,β-unsaturated/α-hetero) is 1. The topological polar surface area (TPSA) is 67.3 Å². The van der Waals surface area contributed by atoms with Crippen LogP contribution in [-0.4, -0.2) is 34.0 Å². The van der Waals surface area contributed by atoms with Crippen molar-refractivity contribution in [3.63, 3.8) is 0 Å². The Morgan fingerprint density at radius 1 is 0.853 bits per heavy atom. The van der Waals surface area contributed by atoms with Crippen molar-refractivity contribution < 1.29 is 14.4 Å². The highest BCUT2D eigenvalue weighted by Gasteiger charge is 2.32. The first-order chi connectivity index (χ1) is 16.6. The van der Waals surface area contributed by atoms with Gasteiger partial charge in [0.15, 0.2) is 5.78 Å². The molecule has 5 nitrogen and oxygen atoms in total. The number of nitrogens with zero attached hydrogens (tertiary/aromatic N) is 2. The largest absolute Gasteiger partial charge is 0.294 e. The van der Waals surface area contributed by atoms with Crippen molar-refractivity contribution in [2.24, 2.45) is 0 Å². The summed E-state index contributed by atoms with van der Waals surface area (Å²) in [5.74, 6) is -0.540. The molecule has 1 aliphatic rings. The molecule has 0 bridgehead atoms. The zero-order chi connectivity index (χ0) is 23.7. The molecule has 5 rings (SSSR count). The number of benzene rings is 3.